The lowest BCUT2D eigenvalue weighted by Gasteiger charge is -2.35. The van der Waals surface area contributed by atoms with Crippen molar-refractivity contribution in [1.29, 1.82) is 0 Å². The lowest BCUT2D eigenvalue weighted by atomic mass is 9.94. The standard InChI is InChI=1S/C19H29N3O2/c23-19(21-14-18-8-4-5-13-24-18)22(17-6-2-1-3-7-17)15-16-9-11-20-12-10-16/h9-12,17-18H,1-8,13-15H2,(H,21,23). The Kier molecular flexibility index (Phi) is 6.47. The first-order valence-electron chi connectivity index (χ1n) is 9.38. The predicted molar refractivity (Wildman–Crippen MR) is 93.6 cm³/mol. The Balaban J connectivity index is 1.60. The maximum Gasteiger partial charge on any atom is 0.318 e. The molecule has 1 saturated heterocycles. The average molecular weight is 331 g/mol. The van der Waals surface area contributed by atoms with Gasteiger partial charge in [-0.05, 0) is 49.8 Å². The lowest BCUT2D eigenvalue weighted by Crippen LogP contribution is -2.48. The van der Waals surface area contributed by atoms with Crippen molar-refractivity contribution in [2.24, 2.45) is 0 Å². The molecule has 24 heavy (non-hydrogen) atoms. The quantitative estimate of drug-likeness (QED) is 0.898. The van der Waals surface area contributed by atoms with E-state index in [9.17, 15) is 4.79 Å². The minimum atomic E-state index is 0.0490. The number of pyridine rings is 1. The molecular weight excluding hydrogens is 302 g/mol. The van der Waals surface area contributed by atoms with Gasteiger partial charge in [0.05, 0.1) is 6.10 Å². The van der Waals surface area contributed by atoms with E-state index < -0.39 is 0 Å². The van der Waals surface area contributed by atoms with E-state index in [1.807, 2.05) is 17.0 Å². The summed E-state index contributed by atoms with van der Waals surface area (Å²) in [7, 11) is 0. The van der Waals surface area contributed by atoms with Crippen LogP contribution < -0.4 is 5.32 Å². The summed E-state index contributed by atoms with van der Waals surface area (Å²) in [6, 6.07) is 4.38. The maximum absolute atomic E-state index is 12.8. The van der Waals surface area contributed by atoms with Gasteiger partial charge in [0, 0.05) is 38.1 Å². The molecule has 1 aromatic rings. The Morgan fingerprint density at radius 1 is 1.12 bits per heavy atom. The van der Waals surface area contributed by atoms with E-state index in [2.05, 4.69) is 10.3 Å². The minimum Gasteiger partial charge on any atom is -0.376 e. The molecule has 1 atom stereocenters. The lowest BCUT2D eigenvalue weighted by molar-refractivity contribution is 0.0172. The Morgan fingerprint density at radius 2 is 1.88 bits per heavy atom. The van der Waals surface area contributed by atoms with Crippen LogP contribution in [-0.4, -0.2) is 41.2 Å². The van der Waals surface area contributed by atoms with Gasteiger partial charge >= 0.3 is 6.03 Å². The van der Waals surface area contributed by atoms with E-state index >= 15 is 0 Å². The summed E-state index contributed by atoms with van der Waals surface area (Å²) in [5, 5.41) is 3.12. The zero-order valence-corrected chi connectivity index (χ0v) is 14.5. The van der Waals surface area contributed by atoms with E-state index in [0.717, 1.165) is 37.9 Å². The number of carbonyl (C=O) groups excluding carboxylic acids is 1. The average Bonchev–Trinajstić information content (AvgIpc) is 2.66. The van der Waals surface area contributed by atoms with Gasteiger partial charge in [-0.2, -0.15) is 0 Å². The second-order valence-corrected chi connectivity index (χ2v) is 6.95. The monoisotopic (exact) mass is 331 g/mol. The highest BCUT2D eigenvalue weighted by atomic mass is 16.5. The molecular formula is C19H29N3O2. The number of rotatable bonds is 5. The van der Waals surface area contributed by atoms with E-state index in [1.54, 1.807) is 12.4 Å². The molecule has 2 amide bonds. The third-order valence-corrected chi connectivity index (χ3v) is 5.13. The molecule has 1 unspecified atom stereocenters. The molecule has 1 N–H and O–H groups in total. The molecule has 2 heterocycles. The maximum atomic E-state index is 12.8. The topological polar surface area (TPSA) is 54.5 Å². The molecule has 132 valence electrons. The molecule has 0 radical (unpaired) electrons. The van der Waals surface area contributed by atoms with Gasteiger partial charge in [-0.3, -0.25) is 4.98 Å². The molecule has 1 aliphatic heterocycles. The molecule has 2 aliphatic rings. The molecule has 1 saturated carbocycles. The van der Waals surface area contributed by atoms with Crippen molar-refractivity contribution in [2.75, 3.05) is 13.2 Å². The van der Waals surface area contributed by atoms with E-state index in [-0.39, 0.29) is 12.1 Å². The molecule has 5 heteroatoms. The van der Waals surface area contributed by atoms with Crippen molar-refractivity contribution in [3.63, 3.8) is 0 Å². The Hall–Kier alpha value is -1.62. The molecule has 1 aliphatic carbocycles. The predicted octanol–water partition coefficient (Wildman–Crippen LogP) is 3.50. The zero-order valence-electron chi connectivity index (χ0n) is 14.5. The van der Waals surface area contributed by atoms with Crippen LogP contribution >= 0.6 is 0 Å². The number of urea groups is 1. The summed E-state index contributed by atoms with van der Waals surface area (Å²) in [5.41, 5.74) is 1.14. The van der Waals surface area contributed by atoms with Crippen molar-refractivity contribution in [3.8, 4) is 0 Å². The molecule has 2 fully saturated rings. The molecule has 0 aromatic carbocycles. The zero-order chi connectivity index (χ0) is 16.6. The van der Waals surface area contributed by atoms with Gasteiger partial charge in [-0.1, -0.05) is 19.3 Å². The van der Waals surface area contributed by atoms with Crippen LogP contribution in [0.1, 0.15) is 56.9 Å². The van der Waals surface area contributed by atoms with E-state index in [0.29, 0.717) is 19.1 Å². The summed E-state index contributed by atoms with van der Waals surface area (Å²) in [6.45, 7) is 2.10. The van der Waals surface area contributed by atoms with Crippen molar-refractivity contribution in [3.05, 3.63) is 30.1 Å². The smallest absolute Gasteiger partial charge is 0.318 e. The summed E-state index contributed by atoms with van der Waals surface area (Å²) in [4.78, 5) is 18.9. The van der Waals surface area contributed by atoms with Crippen molar-refractivity contribution >= 4 is 6.03 Å². The number of nitrogens with zero attached hydrogens (tertiary/aromatic N) is 2. The number of nitrogens with one attached hydrogen (secondary N) is 1. The second-order valence-electron chi connectivity index (χ2n) is 6.95. The van der Waals surface area contributed by atoms with Crippen LogP contribution in [0.2, 0.25) is 0 Å². The SMILES string of the molecule is O=C(NCC1CCCCO1)N(Cc1ccncc1)C1CCCCC1. The molecule has 0 bridgehead atoms. The summed E-state index contributed by atoms with van der Waals surface area (Å²) >= 11 is 0. The molecule has 3 rings (SSSR count). The van der Waals surface area contributed by atoms with Crippen LogP contribution in [0, 0.1) is 0 Å². The highest BCUT2D eigenvalue weighted by Gasteiger charge is 2.26. The number of carbonyl (C=O) groups is 1. The third kappa shape index (κ3) is 4.94. The number of amides is 2. The van der Waals surface area contributed by atoms with Gasteiger partial charge in [-0.15, -0.1) is 0 Å². The first-order valence-corrected chi connectivity index (χ1v) is 9.38. The number of hydrogen-bond donors (Lipinski definition) is 1. The van der Waals surface area contributed by atoms with Crippen LogP contribution in [0.15, 0.2) is 24.5 Å². The highest BCUT2D eigenvalue weighted by Crippen LogP contribution is 2.24. The van der Waals surface area contributed by atoms with Gasteiger partial charge in [-0.25, -0.2) is 4.79 Å². The van der Waals surface area contributed by atoms with Crippen LogP contribution in [0.25, 0.3) is 0 Å². The number of hydrogen-bond acceptors (Lipinski definition) is 3. The minimum absolute atomic E-state index is 0.0490. The van der Waals surface area contributed by atoms with Crippen LogP contribution in [-0.2, 0) is 11.3 Å². The van der Waals surface area contributed by atoms with E-state index in [4.69, 9.17) is 4.74 Å². The van der Waals surface area contributed by atoms with Gasteiger partial charge < -0.3 is 15.0 Å². The van der Waals surface area contributed by atoms with Gasteiger partial charge in [0.2, 0.25) is 0 Å². The number of aromatic nitrogens is 1. The fraction of sp³-hybridized carbons (Fsp3) is 0.684. The third-order valence-electron chi connectivity index (χ3n) is 5.13. The van der Waals surface area contributed by atoms with Gasteiger partial charge in [0.25, 0.3) is 0 Å². The van der Waals surface area contributed by atoms with Crippen molar-refractivity contribution < 1.29 is 9.53 Å². The van der Waals surface area contributed by atoms with Crippen LogP contribution in [0.5, 0.6) is 0 Å². The Morgan fingerprint density at radius 3 is 2.58 bits per heavy atom. The Labute approximate surface area is 144 Å². The van der Waals surface area contributed by atoms with Crippen LogP contribution in [0.4, 0.5) is 4.79 Å². The first-order chi connectivity index (χ1) is 11.8. The normalized spacial score (nSPS) is 22.1. The largest absolute Gasteiger partial charge is 0.376 e. The van der Waals surface area contributed by atoms with E-state index in [1.165, 1.54) is 25.7 Å². The number of ether oxygens (including phenoxy) is 1. The van der Waals surface area contributed by atoms with Gasteiger partial charge in [0.15, 0.2) is 0 Å². The molecule has 1 aromatic heterocycles. The van der Waals surface area contributed by atoms with Crippen LogP contribution in [0.3, 0.4) is 0 Å². The molecule has 5 nitrogen and oxygen atoms in total. The summed E-state index contributed by atoms with van der Waals surface area (Å²) in [5.74, 6) is 0. The fourth-order valence-corrected chi connectivity index (χ4v) is 3.72. The summed E-state index contributed by atoms with van der Waals surface area (Å²) < 4.78 is 5.73. The molecule has 0 spiro atoms. The Bertz CT molecular complexity index is 497. The second kappa shape index (κ2) is 9.02. The first kappa shape index (κ1) is 17.2. The fourth-order valence-electron chi connectivity index (χ4n) is 3.72. The highest BCUT2D eigenvalue weighted by molar-refractivity contribution is 5.74. The van der Waals surface area contributed by atoms with Crippen molar-refractivity contribution in [2.45, 2.75) is 70.1 Å². The van der Waals surface area contributed by atoms with Gasteiger partial charge in [0.1, 0.15) is 0 Å². The van der Waals surface area contributed by atoms with Crippen molar-refractivity contribution in [1.82, 2.24) is 15.2 Å². The summed E-state index contributed by atoms with van der Waals surface area (Å²) in [6.07, 6.45) is 13.1.